The highest BCUT2D eigenvalue weighted by Gasteiger charge is 2.32. The van der Waals surface area contributed by atoms with Crippen LogP contribution in [0.3, 0.4) is 0 Å². The van der Waals surface area contributed by atoms with Gasteiger partial charge in [-0.3, -0.25) is 10.1 Å². The highest BCUT2D eigenvalue weighted by molar-refractivity contribution is 7.18. The molecule has 0 bridgehead atoms. The molecule has 3 aromatic heterocycles. The number of nitrogens with one attached hydrogen (secondary N) is 2. The van der Waals surface area contributed by atoms with E-state index < -0.39 is 11.5 Å². The van der Waals surface area contributed by atoms with Crippen molar-refractivity contribution < 1.29 is 18.7 Å². The molecule has 1 fully saturated rings. The van der Waals surface area contributed by atoms with E-state index in [4.69, 9.17) is 25.5 Å². The number of carbonyl (C=O) groups is 1. The lowest BCUT2D eigenvalue weighted by atomic mass is 9.89. The van der Waals surface area contributed by atoms with Crippen LogP contribution in [-0.2, 0) is 11.8 Å². The van der Waals surface area contributed by atoms with E-state index in [1.165, 1.54) is 13.2 Å². The summed E-state index contributed by atoms with van der Waals surface area (Å²) in [5.41, 5.74) is 0.291. The van der Waals surface area contributed by atoms with Gasteiger partial charge >= 0.3 is 5.63 Å². The SMILES string of the molecule is COc1c(NC2CC[C@@H]2OC)cc(C(=O)Nc2nnc(-c3c(Cl)ccn3C)s2)oc1=O. The molecule has 12 heteroatoms. The second kappa shape index (κ2) is 8.69. The van der Waals surface area contributed by atoms with Gasteiger partial charge in [0.1, 0.15) is 0 Å². The first-order valence-electron chi connectivity index (χ1n) is 9.38. The Morgan fingerprint density at radius 2 is 2.16 bits per heavy atom. The number of halogens is 1. The van der Waals surface area contributed by atoms with E-state index in [1.54, 1.807) is 19.4 Å². The van der Waals surface area contributed by atoms with Crippen LogP contribution in [0.1, 0.15) is 23.4 Å². The van der Waals surface area contributed by atoms with Crippen LogP contribution in [0.15, 0.2) is 27.5 Å². The first-order valence-corrected chi connectivity index (χ1v) is 10.6. The van der Waals surface area contributed by atoms with Crippen LogP contribution >= 0.6 is 22.9 Å². The average molecular weight is 466 g/mol. The van der Waals surface area contributed by atoms with Crippen LogP contribution in [0.25, 0.3) is 10.7 Å². The van der Waals surface area contributed by atoms with Crippen molar-refractivity contribution in [1.29, 1.82) is 0 Å². The molecule has 0 radical (unpaired) electrons. The normalized spacial score (nSPS) is 17.8. The molecular weight excluding hydrogens is 446 g/mol. The Balaban J connectivity index is 1.55. The Bertz CT molecular complexity index is 1150. The maximum absolute atomic E-state index is 12.7. The third-order valence-electron chi connectivity index (χ3n) is 5.06. The zero-order valence-corrected chi connectivity index (χ0v) is 18.5. The lowest BCUT2D eigenvalue weighted by Crippen LogP contribution is -2.44. The van der Waals surface area contributed by atoms with E-state index in [0.717, 1.165) is 24.2 Å². The highest BCUT2D eigenvalue weighted by Crippen LogP contribution is 2.33. The standard InChI is InChI=1S/C19H20ClN5O5S/c1-25-7-6-9(20)14(25)17-23-24-19(31-17)22-16(26)13-8-11(15(29-3)18(27)30-13)21-10-4-5-12(10)28-2/h6-8,10,12,21H,4-5H2,1-3H3,(H,22,24,26)/t10?,12-/m0/s1. The fraction of sp³-hybridized carbons (Fsp3) is 0.368. The lowest BCUT2D eigenvalue weighted by Gasteiger charge is -2.36. The summed E-state index contributed by atoms with van der Waals surface area (Å²) in [5.74, 6) is -0.828. The van der Waals surface area contributed by atoms with Crippen molar-refractivity contribution in [3.8, 4) is 16.5 Å². The quantitative estimate of drug-likeness (QED) is 0.546. The third-order valence-corrected chi connectivity index (χ3v) is 6.21. The molecule has 1 saturated carbocycles. The molecule has 0 saturated heterocycles. The molecule has 1 unspecified atom stereocenters. The fourth-order valence-electron chi connectivity index (χ4n) is 3.29. The fourth-order valence-corrected chi connectivity index (χ4v) is 4.47. The van der Waals surface area contributed by atoms with Gasteiger partial charge in [0.05, 0.1) is 35.7 Å². The Hall–Kier alpha value is -2.89. The molecule has 2 atom stereocenters. The van der Waals surface area contributed by atoms with Gasteiger partial charge in [-0.25, -0.2) is 4.79 Å². The summed E-state index contributed by atoms with van der Waals surface area (Å²) in [6.45, 7) is 0. The first kappa shape index (κ1) is 21.3. The van der Waals surface area contributed by atoms with Crippen molar-refractivity contribution in [2.45, 2.75) is 25.0 Å². The van der Waals surface area contributed by atoms with Gasteiger partial charge in [0.15, 0.2) is 10.8 Å². The van der Waals surface area contributed by atoms with E-state index in [-0.39, 0.29) is 28.8 Å². The molecule has 3 aromatic rings. The van der Waals surface area contributed by atoms with Gasteiger partial charge in [-0.05, 0) is 18.9 Å². The molecular formula is C19H20ClN5O5S. The largest absolute Gasteiger partial charge is 0.488 e. The molecule has 10 nitrogen and oxygen atoms in total. The summed E-state index contributed by atoms with van der Waals surface area (Å²) < 4.78 is 17.5. The zero-order chi connectivity index (χ0) is 22.1. The van der Waals surface area contributed by atoms with Crippen molar-refractivity contribution in [3.63, 3.8) is 0 Å². The molecule has 1 amide bonds. The van der Waals surface area contributed by atoms with Crippen molar-refractivity contribution >= 4 is 39.7 Å². The van der Waals surface area contributed by atoms with Gasteiger partial charge in [-0.15, -0.1) is 10.2 Å². The maximum Gasteiger partial charge on any atom is 0.381 e. The minimum absolute atomic E-state index is 0.00476. The molecule has 0 aromatic carbocycles. The number of aromatic nitrogens is 3. The second-order valence-corrected chi connectivity index (χ2v) is 8.32. The Morgan fingerprint density at radius 1 is 1.35 bits per heavy atom. The molecule has 1 aliphatic rings. The lowest BCUT2D eigenvalue weighted by molar-refractivity contribution is 0.0285. The number of methoxy groups -OCH3 is 2. The van der Waals surface area contributed by atoms with E-state index in [0.29, 0.717) is 21.4 Å². The number of nitrogens with zero attached hydrogens (tertiary/aromatic N) is 3. The van der Waals surface area contributed by atoms with Gasteiger partial charge in [0.2, 0.25) is 10.9 Å². The predicted octanol–water partition coefficient (Wildman–Crippen LogP) is 3.00. The van der Waals surface area contributed by atoms with Crippen molar-refractivity contribution in [2.75, 3.05) is 24.9 Å². The molecule has 0 spiro atoms. The highest BCUT2D eigenvalue weighted by atomic mass is 35.5. The van der Waals surface area contributed by atoms with Crippen molar-refractivity contribution in [3.05, 3.63) is 39.5 Å². The smallest absolute Gasteiger partial charge is 0.381 e. The van der Waals surface area contributed by atoms with Gasteiger partial charge in [-0.1, -0.05) is 22.9 Å². The number of rotatable bonds is 7. The van der Waals surface area contributed by atoms with Gasteiger partial charge < -0.3 is 23.8 Å². The monoisotopic (exact) mass is 465 g/mol. The number of hydrogen-bond acceptors (Lipinski definition) is 9. The molecule has 31 heavy (non-hydrogen) atoms. The van der Waals surface area contributed by atoms with Crippen LogP contribution in [0.2, 0.25) is 5.02 Å². The van der Waals surface area contributed by atoms with Crippen LogP contribution < -0.4 is 21.0 Å². The number of carbonyl (C=O) groups excluding carboxylic acids is 1. The molecule has 4 rings (SSSR count). The summed E-state index contributed by atoms with van der Waals surface area (Å²) >= 11 is 7.33. The van der Waals surface area contributed by atoms with Gasteiger partial charge in [0.25, 0.3) is 5.91 Å². The van der Waals surface area contributed by atoms with E-state index in [9.17, 15) is 9.59 Å². The van der Waals surface area contributed by atoms with E-state index in [2.05, 4.69) is 20.8 Å². The van der Waals surface area contributed by atoms with E-state index in [1.807, 2.05) is 11.6 Å². The van der Waals surface area contributed by atoms with Crippen LogP contribution in [0.4, 0.5) is 10.8 Å². The number of hydrogen-bond donors (Lipinski definition) is 2. The predicted molar refractivity (Wildman–Crippen MR) is 116 cm³/mol. The average Bonchev–Trinajstić information content (AvgIpc) is 3.30. The summed E-state index contributed by atoms with van der Waals surface area (Å²) in [7, 11) is 4.83. The Morgan fingerprint density at radius 3 is 2.77 bits per heavy atom. The second-order valence-electron chi connectivity index (χ2n) is 6.94. The van der Waals surface area contributed by atoms with Crippen molar-refractivity contribution in [2.24, 2.45) is 7.05 Å². The molecule has 164 valence electrons. The van der Waals surface area contributed by atoms with E-state index >= 15 is 0 Å². The molecule has 2 N–H and O–H groups in total. The van der Waals surface area contributed by atoms with Gasteiger partial charge in [0, 0.05) is 26.4 Å². The summed E-state index contributed by atoms with van der Waals surface area (Å²) in [6, 6.07) is 3.18. The maximum atomic E-state index is 12.7. The number of ether oxygens (including phenoxy) is 2. The van der Waals surface area contributed by atoms with Crippen molar-refractivity contribution in [1.82, 2.24) is 14.8 Å². The summed E-state index contributed by atoms with van der Waals surface area (Å²) in [4.78, 5) is 25.0. The number of amides is 1. The first-order chi connectivity index (χ1) is 14.9. The molecule has 3 heterocycles. The topological polar surface area (TPSA) is 121 Å². The Kier molecular flexibility index (Phi) is 5.99. The third kappa shape index (κ3) is 4.16. The summed E-state index contributed by atoms with van der Waals surface area (Å²) in [5, 5.41) is 15.2. The minimum atomic E-state index is -0.764. The molecule has 0 aliphatic heterocycles. The van der Waals surface area contributed by atoms with Crippen LogP contribution in [0.5, 0.6) is 5.75 Å². The summed E-state index contributed by atoms with van der Waals surface area (Å²) in [6.07, 6.45) is 3.61. The van der Waals surface area contributed by atoms with Crippen LogP contribution in [0, 0.1) is 0 Å². The number of aryl methyl sites for hydroxylation is 1. The van der Waals surface area contributed by atoms with Gasteiger partial charge in [-0.2, -0.15) is 0 Å². The van der Waals surface area contributed by atoms with Crippen LogP contribution in [-0.4, -0.2) is 47.0 Å². The minimum Gasteiger partial charge on any atom is -0.488 e. The Labute approximate surface area is 186 Å². The number of anilines is 2. The molecule has 1 aliphatic carbocycles. The zero-order valence-electron chi connectivity index (χ0n) is 17.0.